The minimum Gasteiger partial charge on any atom is -0.387 e. The lowest BCUT2D eigenvalue weighted by atomic mass is 10.1. The lowest BCUT2D eigenvalue weighted by molar-refractivity contribution is -0.380. The van der Waals surface area contributed by atoms with E-state index in [1.54, 1.807) is 17.2 Å². The summed E-state index contributed by atoms with van der Waals surface area (Å²) in [6.07, 6.45) is 1.47. The summed E-state index contributed by atoms with van der Waals surface area (Å²) >= 11 is 2.30. The van der Waals surface area contributed by atoms with Crippen LogP contribution < -0.4 is 5.73 Å². The SMILES string of the molecule is C=C1N=C(N)C=CN1[C@@H]1S[C@@H]2COP(=O)(OCc3ccc([N+](=O)[O-])s3)O[C@H]2[C@@H]1O. The van der Waals surface area contributed by atoms with E-state index in [4.69, 9.17) is 19.3 Å². The summed E-state index contributed by atoms with van der Waals surface area (Å²) in [5, 5.41) is 20.7. The molecule has 2 saturated heterocycles. The van der Waals surface area contributed by atoms with Gasteiger partial charge in [0.25, 0.3) is 0 Å². The van der Waals surface area contributed by atoms with Gasteiger partial charge in [-0.15, -0.1) is 11.8 Å². The number of aliphatic hydroxyl groups excluding tert-OH is 1. The van der Waals surface area contributed by atoms with Crippen molar-refractivity contribution in [3.05, 3.63) is 51.8 Å². The van der Waals surface area contributed by atoms with Crippen LogP contribution in [0.1, 0.15) is 4.88 Å². The fraction of sp³-hybridized carbons (Fsp3) is 0.400. The molecule has 3 N–H and O–H groups in total. The van der Waals surface area contributed by atoms with E-state index in [2.05, 4.69) is 11.6 Å². The summed E-state index contributed by atoms with van der Waals surface area (Å²) in [5.41, 5.74) is 5.64. The van der Waals surface area contributed by atoms with E-state index in [0.717, 1.165) is 11.3 Å². The van der Waals surface area contributed by atoms with Gasteiger partial charge in [0.15, 0.2) is 0 Å². The Hall–Kier alpha value is -1.73. The molecule has 11 nitrogen and oxygen atoms in total. The van der Waals surface area contributed by atoms with Gasteiger partial charge in [-0.3, -0.25) is 23.7 Å². The zero-order valence-corrected chi connectivity index (χ0v) is 17.3. The van der Waals surface area contributed by atoms with Crippen molar-refractivity contribution in [1.82, 2.24) is 4.90 Å². The minimum absolute atomic E-state index is 0.0454. The topological polar surface area (TPSA) is 150 Å². The van der Waals surface area contributed by atoms with E-state index in [0.29, 0.717) is 16.5 Å². The summed E-state index contributed by atoms with van der Waals surface area (Å²) in [7, 11) is -3.94. The van der Waals surface area contributed by atoms with Crippen LogP contribution >= 0.6 is 30.9 Å². The molecule has 14 heteroatoms. The lowest BCUT2D eigenvalue weighted by Gasteiger charge is -2.32. The maximum absolute atomic E-state index is 12.8. The van der Waals surface area contributed by atoms with Crippen molar-refractivity contribution in [2.45, 2.75) is 29.4 Å². The van der Waals surface area contributed by atoms with Gasteiger partial charge < -0.3 is 15.7 Å². The predicted octanol–water partition coefficient (Wildman–Crippen LogP) is 2.16. The van der Waals surface area contributed by atoms with E-state index < -0.39 is 30.3 Å². The van der Waals surface area contributed by atoms with E-state index in [-0.39, 0.29) is 23.5 Å². The maximum Gasteiger partial charge on any atom is 0.475 e. The number of thiophene rings is 1. The number of fused-ring (bicyclic) bond motifs is 1. The average Bonchev–Trinajstić information content (AvgIpc) is 3.26. The van der Waals surface area contributed by atoms with Crippen molar-refractivity contribution in [2.24, 2.45) is 10.7 Å². The van der Waals surface area contributed by atoms with Crippen LogP contribution in [0.4, 0.5) is 5.00 Å². The van der Waals surface area contributed by atoms with Crippen LogP contribution in [-0.2, 0) is 24.7 Å². The summed E-state index contributed by atoms with van der Waals surface area (Å²) in [6.45, 7) is 3.72. The molecule has 3 aliphatic heterocycles. The molecule has 1 aromatic rings. The number of thioether (sulfide) groups is 1. The van der Waals surface area contributed by atoms with Gasteiger partial charge in [-0.2, -0.15) is 0 Å². The normalized spacial score (nSPS) is 34.2. The average molecular weight is 460 g/mol. The third-order valence-electron chi connectivity index (χ3n) is 4.39. The third-order valence-corrected chi connectivity index (χ3v) is 8.35. The molecule has 0 saturated carbocycles. The molecular formula is C15H17N4O7PS2. The van der Waals surface area contributed by atoms with Crippen molar-refractivity contribution in [2.75, 3.05) is 6.61 Å². The molecule has 5 atom stereocenters. The fourth-order valence-corrected chi connectivity index (χ4v) is 6.95. The molecule has 1 unspecified atom stereocenters. The van der Waals surface area contributed by atoms with E-state index in [9.17, 15) is 19.8 Å². The molecule has 4 heterocycles. The van der Waals surface area contributed by atoms with Crippen molar-refractivity contribution in [3.63, 3.8) is 0 Å². The van der Waals surface area contributed by atoms with Gasteiger partial charge in [0.05, 0.1) is 23.4 Å². The van der Waals surface area contributed by atoms with E-state index in [1.165, 1.54) is 23.9 Å². The Labute approximate surface area is 173 Å². The van der Waals surface area contributed by atoms with Gasteiger partial charge in [-0.1, -0.05) is 17.9 Å². The number of rotatable bonds is 5. The Morgan fingerprint density at radius 3 is 3.03 bits per heavy atom. The number of hydrogen-bond acceptors (Lipinski definition) is 12. The number of nitro groups is 1. The van der Waals surface area contributed by atoms with Crippen LogP contribution in [0.2, 0.25) is 0 Å². The molecular weight excluding hydrogens is 443 g/mol. The first-order valence-corrected chi connectivity index (χ1v) is 11.6. The number of nitrogens with two attached hydrogens (primary N) is 1. The molecule has 0 aromatic carbocycles. The Morgan fingerprint density at radius 2 is 2.34 bits per heavy atom. The van der Waals surface area contributed by atoms with Crippen LogP contribution in [0.5, 0.6) is 0 Å². The molecule has 1 aromatic heterocycles. The smallest absolute Gasteiger partial charge is 0.387 e. The summed E-state index contributed by atoms with van der Waals surface area (Å²) < 4.78 is 29.0. The highest BCUT2D eigenvalue weighted by Crippen LogP contribution is 2.59. The lowest BCUT2D eigenvalue weighted by Crippen LogP contribution is -2.43. The zero-order chi connectivity index (χ0) is 20.8. The first-order chi connectivity index (χ1) is 13.8. The number of aliphatic imine (C=N–C) groups is 1. The van der Waals surface area contributed by atoms with Crippen LogP contribution in [0.3, 0.4) is 0 Å². The second-order valence-corrected chi connectivity index (χ2v) is 10.4. The zero-order valence-electron chi connectivity index (χ0n) is 14.8. The maximum atomic E-state index is 12.8. The summed E-state index contributed by atoms with van der Waals surface area (Å²) in [6, 6.07) is 2.85. The Balaban J connectivity index is 1.41. The highest BCUT2D eigenvalue weighted by atomic mass is 32.2. The minimum atomic E-state index is -3.94. The number of phosphoric ester groups is 1. The Kier molecular flexibility index (Phi) is 5.55. The molecule has 4 rings (SSSR count). The molecule has 2 fully saturated rings. The second kappa shape index (κ2) is 7.84. The largest absolute Gasteiger partial charge is 0.475 e. The molecule has 0 radical (unpaired) electrons. The molecule has 29 heavy (non-hydrogen) atoms. The summed E-state index contributed by atoms with van der Waals surface area (Å²) in [4.78, 5) is 16.5. The first kappa shape index (κ1) is 20.5. The first-order valence-electron chi connectivity index (χ1n) is 8.39. The number of aliphatic hydroxyl groups is 1. The van der Waals surface area contributed by atoms with Crippen molar-refractivity contribution < 1.29 is 28.2 Å². The highest BCUT2D eigenvalue weighted by molar-refractivity contribution is 8.00. The van der Waals surface area contributed by atoms with E-state index in [1.807, 2.05) is 0 Å². The molecule has 0 aliphatic carbocycles. The highest BCUT2D eigenvalue weighted by Gasteiger charge is 2.54. The van der Waals surface area contributed by atoms with Crippen molar-refractivity contribution in [1.29, 1.82) is 0 Å². The third kappa shape index (κ3) is 4.12. The van der Waals surface area contributed by atoms with Gasteiger partial charge in [0, 0.05) is 17.1 Å². The Bertz CT molecular complexity index is 951. The van der Waals surface area contributed by atoms with Crippen LogP contribution in [0.15, 0.2) is 41.8 Å². The standard InChI is InChI=1S/C15H17N4O7PS2/c1-8-17-11(16)4-5-18(8)15-13(20)14-10(29-15)7-25-27(23,26-14)24-6-9-2-3-12(28-9)19(21)22/h2-5,10,13-15,20H,1,6-7H2,(H2,16,17)/t10-,13+,14-,15-,27?/m1/s1. The monoisotopic (exact) mass is 460 g/mol. The number of amidine groups is 1. The van der Waals surface area contributed by atoms with Crippen LogP contribution in [0.25, 0.3) is 0 Å². The predicted molar refractivity (Wildman–Crippen MR) is 107 cm³/mol. The van der Waals surface area contributed by atoms with Crippen LogP contribution in [-0.4, -0.2) is 50.2 Å². The second-order valence-electron chi connectivity index (χ2n) is 6.32. The number of nitrogens with zero attached hydrogens (tertiary/aromatic N) is 3. The van der Waals surface area contributed by atoms with Crippen molar-refractivity contribution in [3.8, 4) is 0 Å². The number of phosphoric acid groups is 1. The molecule has 3 aliphatic rings. The Morgan fingerprint density at radius 1 is 1.55 bits per heavy atom. The van der Waals surface area contributed by atoms with Crippen LogP contribution in [0, 0.1) is 10.1 Å². The van der Waals surface area contributed by atoms with Gasteiger partial charge in [-0.05, 0) is 12.1 Å². The fourth-order valence-electron chi connectivity index (χ4n) is 3.03. The quantitative estimate of drug-likeness (QED) is 0.380. The van der Waals surface area contributed by atoms with Gasteiger partial charge in [0.2, 0.25) is 0 Å². The molecule has 0 amide bonds. The van der Waals surface area contributed by atoms with E-state index >= 15 is 0 Å². The molecule has 156 valence electrons. The molecule has 0 spiro atoms. The summed E-state index contributed by atoms with van der Waals surface area (Å²) in [5.74, 6) is 0.687. The number of hydrogen-bond donors (Lipinski definition) is 2. The molecule has 0 bridgehead atoms. The van der Waals surface area contributed by atoms with Crippen molar-refractivity contribution >= 4 is 41.8 Å². The van der Waals surface area contributed by atoms with Gasteiger partial charge in [0.1, 0.15) is 29.2 Å². The van der Waals surface area contributed by atoms with Gasteiger partial charge >= 0.3 is 12.8 Å². The van der Waals surface area contributed by atoms with Gasteiger partial charge in [-0.25, -0.2) is 9.56 Å².